The predicted octanol–water partition coefficient (Wildman–Crippen LogP) is 4.09. The third-order valence-electron chi connectivity index (χ3n) is 5.24. The van der Waals surface area contributed by atoms with Gasteiger partial charge in [0.25, 0.3) is 0 Å². The molecule has 1 aliphatic carbocycles. The summed E-state index contributed by atoms with van der Waals surface area (Å²) >= 11 is 1.93. The van der Waals surface area contributed by atoms with Gasteiger partial charge in [-0.3, -0.25) is 0 Å². The molecule has 0 radical (unpaired) electrons. The van der Waals surface area contributed by atoms with Crippen LogP contribution in [0.2, 0.25) is 0 Å². The van der Waals surface area contributed by atoms with E-state index in [-0.39, 0.29) is 0 Å². The van der Waals surface area contributed by atoms with Gasteiger partial charge in [0.05, 0.1) is 0 Å². The number of likely N-dealkylation sites (tertiary alicyclic amines) is 1. The monoisotopic (exact) mass is 411 g/mol. The van der Waals surface area contributed by atoms with Gasteiger partial charge >= 0.3 is 11.9 Å². The van der Waals surface area contributed by atoms with Crippen molar-refractivity contribution >= 4 is 28.8 Å². The molecule has 1 aromatic heterocycles. The van der Waals surface area contributed by atoms with Crippen molar-refractivity contribution in [1.82, 2.24) is 4.90 Å². The van der Waals surface area contributed by atoms with Crippen molar-refractivity contribution in [3.05, 3.63) is 75.0 Å². The fourth-order valence-corrected chi connectivity index (χ4v) is 4.68. The zero-order valence-electron chi connectivity index (χ0n) is 16.4. The third-order valence-corrected chi connectivity index (χ3v) is 6.22. The van der Waals surface area contributed by atoms with E-state index in [1.807, 2.05) is 11.3 Å². The van der Waals surface area contributed by atoms with Gasteiger partial charge in [0.15, 0.2) is 0 Å². The lowest BCUT2D eigenvalue weighted by molar-refractivity contribution is -0.134. The Bertz CT molecular complexity index is 931. The van der Waals surface area contributed by atoms with Crippen LogP contribution in [-0.4, -0.2) is 47.2 Å². The molecule has 0 amide bonds. The molecule has 4 rings (SSSR count). The Morgan fingerprint density at radius 3 is 2.24 bits per heavy atom. The van der Waals surface area contributed by atoms with Crippen molar-refractivity contribution in [1.29, 1.82) is 0 Å². The first-order chi connectivity index (χ1) is 14.0. The highest BCUT2D eigenvalue weighted by Gasteiger charge is 2.23. The number of aryl methyl sites for hydroxylation is 2. The van der Waals surface area contributed by atoms with Gasteiger partial charge in [0, 0.05) is 30.1 Å². The Morgan fingerprint density at radius 2 is 1.59 bits per heavy atom. The molecule has 1 aliphatic heterocycles. The van der Waals surface area contributed by atoms with Gasteiger partial charge in [-0.1, -0.05) is 29.8 Å². The molecule has 1 fully saturated rings. The van der Waals surface area contributed by atoms with E-state index in [1.54, 1.807) is 16.0 Å². The predicted molar refractivity (Wildman–Crippen MR) is 115 cm³/mol. The summed E-state index contributed by atoms with van der Waals surface area (Å²) < 4.78 is 0. The van der Waals surface area contributed by atoms with Crippen LogP contribution < -0.4 is 0 Å². The zero-order valence-corrected chi connectivity index (χ0v) is 17.2. The van der Waals surface area contributed by atoms with Gasteiger partial charge in [-0.2, -0.15) is 0 Å². The molecule has 29 heavy (non-hydrogen) atoms. The second kappa shape index (κ2) is 9.67. The zero-order chi connectivity index (χ0) is 20.8. The average molecular weight is 412 g/mol. The summed E-state index contributed by atoms with van der Waals surface area (Å²) in [5.74, 6) is -2.51. The van der Waals surface area contributed by atoms with E-state index < -0.39 is 11.9 Å². The third kappa shape index (κ3) is 5.43. The van der Waals surface area contributed by atoms with Crippen LogP contribution in [0.3, 0.4) is 0 Å². The molecule has 1 aromatic carbocycles. The van der Waals surface area contributed by atoms with E-state index in [0.717, 1.165) is 0 Å². The van der Waals surface area contributed by atoms with Crippen LogP contribution in [0.15, 0.2) is 53.4 Å². The number of hydrogen-bond donors (Lipinski definition) is 2. The first-order valence-corrected chi connectivity index (χ1v) is 10.5. The van der Waals surface area contributed by atoms with E-state index in [4.69, 9.17) is 10.2 Å². The number of piperidine rings is 1. The van der Waals surface area contributed by atoms with Crippen molar-refractivity contribution < 1.29 is 19.8 Å². The number of carboxylic acids is 2. The Balaban J connectivity index is 0.000000258. The van der Waals surface area contributed by atoms with Crippen LogP contribution in [0.1, 0.15) is 34.4 Å². The minimum atomic E-state index is -1.26. The molecular weight excluding hydrogens is 386 g/mol. The van der Waals surface area contributed by atoms with E-state index in [0.29, 0.717) is 12.2 Å². The summed E-state index contributed by atoms with van der Waals surface area (Å²) in [7, 11) is 2.23. The fraction of sp³-hybridized carbons (Fsp3) is 0.304. The van der Waals surface area contributed by atoms with E-state index in [1.165, 1.54) is 55.5 Å². The molecule has 0 unspecified atom stereocenters. The molecule has 5 nitrogen and oxygen atoms in total. The number of carbonyl (C=O) groups is 2. The van der Waals surface area contributed by atoms with E-state index in [2.05, 4.69) is 47.7 Å². The number of rotatable bonds is 2. The number of nitrogens with zero attached hydrogens (tertiary/aromatic N) is 1. The summed E-state index contributed by atoms with van der Waals surface area (Å²) in [6.45, 7) is 2.39. The van der Waals surface area contributed by atoms with Crippen LogP contribution in [-0.2, 0) is 22.4 Å². The van der Waals surface area contributed by atoms with Gasteiger partial charge < -0.3 is 15.1 Å². The molecule has 1 saturated heterocycles. The number of hydrogen-bond acceptors (Lipinski definition) is 4. The van der Waals surface area contributed by atoms with E-state index >= 15 is 0 Å². The number of thiophene rings is 1. The average Bonchev–Trinajstić information content (AvgIpc) is 3.10. The molecule has 6 heteroatoms. The first-order valence-electron chi connectivity index (χ1n) is 9.65. The second-order valence-electron chi connectivity index (χ2n) is 7.21. The molecule has 0 saturated carbocycles. The molecular formula is C23H25NO4S. The van der Waals surface area contributed by atoms with Crippen molar-refractivity contribution in [2.24, 2.45) is 0 Å². The number of aliphatic carboxylic acids is 2. The number of fused-ring (bicyclic) bond motifs is 2. The molecule has 0 bridgehead atoms. The quantitative estimate of drug-likeness (QED) is 0.728. The molecule has 2 N–H and O–H groups in total. The summed E-state index contributed by atoms with van der Waals surface area (Å²) in [4.78, 5) is 23.1. The molecule has 0 atom stereocenters. The van der Waals surface area contributed by atoms with Crippen molar-refractivity contribution in [3.8, 4) is 0 Å². The molecule has 2 aromatic rings. The highest BCUT2D eigenvalue weighted by Crippen LogP contribution is 2.40. The second-order valence-corrected chi connectivity index (χ2v) is 8.21. The maximum Gasteiger partial charge on any atom is 0.328 e. The SMILES string of the molecule is CN1CCC(=C2c3ccccc3CCc3sccc32)CC1.O=C(O)C=CC(=O)O. The maximum atomic E-state index is 9.55. The Hall–Kier alpha value is -2.70. The smallest absolute Gasteiger partial charge is 0.328 e. The highest BCUT2D eigenvalue weighted by atomic mass is 32.1. The van der Waals surface area contributed by atoms with E-state index in [9.17, 15) is 9.59 Å². The van der Waals surface area contributed by atoms with Crippen LogP contribution in [0.5, 0.6) is 0 Å². The largest absolute Gasteiger partial charge is 0.478 e. The van der Waals surface area contributed by atoms with Crippen LogP contribution in [0.25, 0.3) is 5.57 Å². The number of carboxylic acid groups (broad SMARTS) is 2. The van der Waals surface area contributed by atoms with Gasteiger partial charge in [-0.15, -0.1) is 11.3 Å². The summed E-state index contributed by atoms with van der Waals surface area (Å²) in [5.41, 5.74) is 7.77. The Kier molecular flexibility index (Phi) is 7.01. The van der Waals surface area contributed by atoms with Crippen molar-refractivity contribution in [2.45, 2.75) is 25.7 Å². The summed E-state index contributed by atoms with van der Waals surface area (Å²) in [6, 6.07) is 11.4. The minimum Gasteiger partial charge on any atom is -0.478 e. The van der Waals surface area contributed by atoms with Gasteiger partial charge in [0.1, 0.15) is 0 Å². The lowest BCUT2D eigenvalue weighted by atomic mass is 9.88. The van der Waals surface area contributed by atoms with Crippen LogP contribution in [0, 0.1) is 0 Å². The Morgan fingerprint density at radius 1 is 0.931 bits per heavy atom. The fourth-order valence-electron chi connectivity index (χ4n) is 3.79. The molecule has 0 spiro atoms. The maximum absolute atomic E-state index is 9.55. The lowest BCUT2D eigenvalue weighted by Gasteiger charge is -2.27. The lowest BCUT2D eigenvalue weighted by Crippen LogP contribution is -2.27. The van der Waals surface area contributed by atoms with Gasteiger partial charge in [-0.05, 0) is 66.4 Å². The van der Waals surface area contributed by atoms with Crippen LogP contribution >= 0.6 is 11.3 Å². The van der Waals surface area contributed by atoms with Gasteiger partial charge in [-0.25, -0.2) is 9.59 Å². The normalized spacial score (nSPS) is 16.4. The first kappa shape index (κ1) is 21.0. The highest BCUT2D eigenvalue weighted by molar-refractivity contribution is 7.10. The minimum absolute atomic E-state index is 0.558. The molecule has 2 heterocycles. The van der Waals surface area contributed by atoms with Crippen LogP contribution in [0.4, 0.5) is 0 Å². The number of benzene rings is 1. The topological polar surface area (TPSA) is 77.8 Å². The molecule has 152 valence electrons. The van der Waals surface area contributed by atoms with Gasteiger partial charge in [0.2, 0.25) is 0 Å². The van der Waals surface area contributed by atoms with Crippen molar-refractivity contribution in [2.75, 3.05) is 20.1 Å². The molecule has 2 aliphatic rings. The summed E-state index contributed by atoms with van der Waals surface area (Å²) in [5, 5.41) is 17.9. The Labute approximate surface area is 174 Å². The van der Waals surface area contributed by atoms with Crippen molar-refractivity contribution in [3.63, 3.8) is 0 Å². The standard InChI is InChI=1S/C19H21NS.C4H4O4/c1-20-11-8-15(9-12-20)19-16-5-3-2-4-14(16)6-7-18-17(19)10-13-21-18;5-3(6)1-2-4(7)8/h2-5,10,13H,6-9,11-12H2,1H3;1-2H,(H,5,6)(H,7,8). The summed E-state index contributed by atoms with van der Waals surface area (Å²) in [6.07, 6.45) is 5.93.